The van der Waals surface area contributed by atoms with E-state index in [2.05, 4.69) is 16.0 Å². The highest BCUT2D eigenvalue weighted by molar-refractivity contribution is 5.77. The minimum Gasteiger partial charge on any atom is -0.477 e. The van der Waals surface area contributed by atoms with E-state index in [0.29, 0.717) is 0 Å². The molecule has 41 nitrogen and oxygen atoms in total. The topological polar surface area (TPSA) is 654 Å². The Morgan fingerprint density at radius 3 is 1.31 bits per heavy atom. The summed E-state index contributed by atoms with van der Waals surface area (Å²) in [5, 5.41) is 227. The first kappa shape index (κ1) is 75.7. The molecule has 0 bridgehead atoms. The number of hydrogen-bond acceptors (Lipinski definition) is 36. The summed E-state index contributed by atoms with van der Waals surface area (Å²) in [5.41, 5.74) is 0. The highest BCUT2D eigenvalue weighted by Crippen LogP contribution is 2.42. The van der Waals surface area contributed by atoms with E-state index in [0.717, 1.165) is 27.7 Å². The molecule has 6 aliphatic heterocycles. The zero-order valence-electron chi connectivity index (χ0n) is 48.8. The molecular formula is C50H81N3O38. The third-order valence-electron chi connectivity index (χ3n) is 15.8. The number of hydrogen-bond donors (Lipinski definition) is 23. The van der Waals surface area contributed by atoms with Crippen LogP contribution < -0.4 is 16.0 Å². The van der Waals surface area contributed by atoms with Gasteiger partial charge in [-0.3, -0.25) is 19.2 Å². The van der Waals surface area contributed by atoms with Gasteiger partial charge >= 0.3 is 17.9 Å². The van der Waals surface area contributed by atoms with Crippen LogP contribution in [-0.2, 0) is 85.6 Å². The normalized spacial score (nSPS) is 43.5. The van der Waals surface area contributed by atoms with E-state index < -0.39 is 283 Å². The molecule has 32 atom stereocenters. The number of carboxylic acid groups (broad SMARTS) is 2. The largest absolute Gasteiger partial charge is 0.477 e. The lowest BCUT2D eigenvalue weighted by molar-refractivity contribution is -0.404. The summed E-state index contributed by atoms with van der Waals surface area (Å²) in [7, 11) is 0. The third-order valence-corrected chi connectivity index (χ3v) is 15.8. The maximum Gasteiger partial charge on any atom is 0.364 e. The van der Waals surface area contributed by atoms with Crippen molar-refractivity contribution in [2.24, 2.45) is 0 Å². The molecular weight excluding hydrogens is 1250 g/mol. The number of rotatable bonds is 26. The standard InChI is InChI=1S/C50H81N3O38/c1-13(59)51-25-18(64)6-50(48(78)79,88-39(25)28(67)19(65)7-54)91-42-35(74)46(85-36-23(10-57)81-43(75)33(72)32(36)71)84-24(11-58)37(42)86-44-27(53-15(3)61)38(30(69)21(8-55)82-44)87-45-34(73)41(31(70)22(9-56)83-45)90-49(47(76)77)5-17(63)26(52-14(2)60)40(89-49)29(68)20(66)12-80-16(4)62/h17-46,54-58,63-75H,5-12H2,1-4H3,(H,51,59)(H,52,60)(H,53,61)(H,76,77)(H,78,79)/t17-,18-,19+,20+,21+,22+,23+,24+,25+,26+,27+,28+,29+,30-,31-,32+,33+,34+,35+,36+,37-,38+,39+,40+,41-,42+,43+,44-,45-,46-,49-,50-/m0/s1. The first-order chi connectivity index (χ1) is 42.6. The fraction of sp³-hybridized carbons (Fsp3) is 0.880. The second-order valence-corrected chi connectivity index (χ2v) is 22.4. The number of amides is 3. The molecule has 0 saturated carbocycles. The maximum absolute atomic E-state index is 13.6. The molecule has 0 unspecified atom stereocenters. The van der Waals surface area contributed by atoms with E-state index in [9.17, 15) is 131 Å². The summed E-state index contributed by atoms with van der Waals surface area (Å²) in [5.74, 6) is -15.0. The molecule has 6 heterocycles. The second kappa shape index (κ2) is 31.9. The zero-order chi connectivity index (χ0) is 68.0. The van der Waals surface area contributed by atoms with Crippen LogP contribution in [0, 0.1) is 0 Å². The van der Waals surface area contributed by atoms with Crippen molar-refractivity contribution in [3.05, 3.63) is 0 Å². The van der Waals surface area contributed by atoms with Gasteiger partial charge < -0.3 is 175 Å². The van der Waals surface area contributed by atoms with E-state index in [1.807, 2.05) is 0 Å². The predicted octanol–water partition coefficient (Wildman–Crippen LogP) is -14.7. The summed E-state index contributed by atoms with van der Waals surface area (Å²) in [6, 6.07) is -5.71. The smallest absolute Gasteiger partial charge is 0.364 e. The van der Waals surface area contributed by atoms with E-state index in [1.54, 1.807) is 0 Å². The van der Waals surface area contributed by atoms with Crippen molar-refractivity contribution in [2.45, 2.75) is 236 Å². The molecule has 91 heavy (non-hydrogen) atoms. The Kier molecular flexibility index (Phi) is 26.6. The lowest BCUT2D eigenvalue weighted by atomic mass is 9.88. The van der Waals surface area contributed by atoms with Crippen LogP contribution in [0.4, 0.5) is 0 Å². The Bertz CT molecular complexity index is 2440. The average molecular weight is 1330 g/mol. The highest BCUT2D eigenvalue weighted by atomic mass is 16.8. The molecule has 41 heteroatoms. The summed E-state index contributed by atoms with van der Waals surface area (Å²) >= 11 is 0. The van der Waals surface area contributed by atoms with Crippen molar-refractivity contribution in [1.29, 1.82) is 0 Å². The SMILES string of the molecule is CC(=O)N[C@H]1[C@H](O[C@@H]2[C@H](O[C@]3(C(=O)O)C[C@H](O)[C@@H](NC(C)=O)[C@H]([C@H](O)[C@H](O)CO)O3)[C@@H](O)[C@H](O[C@H]3[C@H](O)[C@@H](O)[C@H](O)O[C@@H]3CO)O[C@@H]2CO)O[C@H](CO)[C@H](O)[C@@H]1O[C@@H]1O[C@H](CO)[C@H](O)[C@H](O[C@]2(C(=O)O)C[C@H](O)[C@@H](NC(C)=O)[C@H]([C@H](O)[C@H](O)COC(C)=O)O2)[C@H]1O. The number of esters is 1. The van der Waals surface area contributed by atoms with Gasteiger partial charge in [0.05, 0.1) is 57.3 Å². The Labute approximate surface area is 513 Å². The highest BCUT2D eigenvalue weighted by Gasteiger charge is 2.64. The first-order valence-corrected chi connectivity index (χ1v) is 28.3. The van der Waals surface area contributed by atoms with Crippen LogP contribution >= 0.6 is 0 Å². The number of aliphatic hydroxyl groups excluding tert-OH is 18. The average Bonchev–Trinajstić information content (AvgIpc) is 0.766. The number of carbonyl (C=O) groups excluding carboxylic acids is 4. The molecule has 6 fully saturated rings. The maximum atomic E-state index is 13.6. The number of aliphatic carboxylic acids is 2. The van der Waals surface area contributed by atoms with Crippen LogP contribution in [-0.4, -0.2) is 373 Å². The van der Waals surface area contributed by atoms with Crippen LogP contribution in [0.2, 0.25) is 0 Å². The molecule has 0 aliphatic carbocycles. The summed E-state index contributed by atoms with van der Waals surface area (Å²) < 4.78 is 68.7. The molecule has 0 spiro atoms. The van der Waals surface area contributed by atoms with Gasteiger partial charge in [-0.1, -0.05) is 0 Å². The van der Waals surface area contributed by atoms with E-state index in [1.165, 1.54) is 0 Å². The molecule has 6 rings (SSSR count). The fourth-order valence-corrected chi connectivity index (χ4v) is 11.3. The van der Waals surface area contributed by atoms with Crippen LogP contribution in [0.25, 0.3) is 0 Å². The van der Waals surface area contributed by atoms with E-state index >= 15 is 0 Å². The lowest BCUT2D eigenvalue weighted by Gasteiger charge is -2.53. The van der Waals surface area contributed by atoms with Gasteiger partial charge in [0, 0.05) is 40.5 Å². The molecule has 23 N–H and O–H groups in total. The fourth-order valence-electron chi connectivity index (χ4n) is 11.3. The summed E-state index contributed by atoms with van der Waals surface area (Å²) in [4.78, 5) is 76.3. The van der Waals surface area contributed by atoms with Gasteiger partial charge in [-0.25, -0.2) is 9.59 Å². The minimum atomic E-state index is -3.45. The second-order valence-electron chi connectivity index (χ2n) is 22.4. The van der Waals surface area contributed by atoms with Crippen molar-refractivity contribution in [3.63, 3.8) is 0 Å². The van der Waals surface area contributed by atoms with Gasteiger partial charge in [0.1, 0.15) is 141 Å². The minimum absolute atomic E-state index is 0.860. The van der Waals surface area contributed by atoms with Gasteiger partial charge in [-0.2, -0.15) is 0 Å². The Balaban J connectivity index is 1.41. The Hall–Kier alpha value is -4.34. The van der Waals surface area contributed by atoms with Crippen molar-refractivity contribution < 1.29 is 188 Å². The number of ether oxygens (including phenoxy) is 12. The molecule has 6 saturated heterocycles. The van der Waals surface area contributed by atoms with E-state index in [4.69, 9.17) is 56.8 Å². The van der Waals surface area contributed by atoms with Crippen LogP contribution in [0.3, 0.4) is 0 Å². The molecule has 0 radical (unpaired) electrons. The zero-order valence-corrected chi connectivity index (χ0v) is 48.8. The van der Waals surface area contributed by atoms with Crippen LogP contribution in [0.15, 0.2) is 0 Å². The van der Waals surface area contributed by atoms with Crippen molar-refractivity contribution in [1.82, 2.24) is 16.0 Å². The van der Waals surface area contributed by atoms with E-state index in [-0.39, 0.29) is 0 Å². The van der Waals surface area contributed by atoms with Crippen LogP contribution in [0.5, 0.6) is 0 Å². The van der Waals surface area contributed by atoms with Crippen molar-refractivity contribution in [3.8, 4) is 0 Å². The predicted molar refractivity (Wildman–Crippen MR) is 278 cm³/mol. The monoisotopic (exact) mass is 1330 g/mol. The summed E-state index contributed by atoms with van der Waals surface area (Å²) in [6.45, 7) is -3.44. The molecule has 0 aromatic carbocycles. The molecule has 6 aliphatic rings. The molecule has 524 valence electrons. The molecule has 0 aromatic rings. The number of aliphatic hydroxyl groups is 18. The lowest BCUT2D eigenvalue weighted by Crippen LogP contribution is -2.72. The first-order valence-electron chi connectivity index (χ1n) is 28.3. The van der Waals surface area contributed by atoms with Crippen molar-refractivity contribution in [2.75, 3.05) is 39.6 Å². The quantitative estimate of drug-likeness (QED) is 0.0358. The van der Waals surface area contributed by atoms with Gasteiger partial charge in [0.15, 0.2) is 25.2 Å². The Morgan fingerprint density at radius 1 is 0.462 bits per heavy atom. The number of nitrogens with one attached hydrogen (secondary N) is 3. The summed E-state index contributed by atoms with van der Waals surface area (Å²) in [6.07, 6.45) is -63.4. The van der Waals surface area contributed by atoms with Gasteiger partial charge in [0.2, 0.25) is 17.7 Å². The molecule has 0 aromatic heterocycles. The van der Waals surface area contributed by atoms with Gasteiger partial charge in [-0.15, -0.1) is 0 Å². The number of carboxylic acids is 2. The van der Waals surface area contributed by atoms with Crippen molar-refractivity contribution >= 4 is 35.6 Å². The van der Waals surface area contributed by atoms with Gasteiger partial charge in [-0.05, 0) is 0 Å². The third kappa shape index (κ3) is 16.8. The number of carbonyl (C=O) groups is 6. The van der Waals surface area contributed by atoms with Gasteiger partial charge in [0.25, 0.3) is 11.6 Å². The Morgan fingerprint density at radius 2 is 0.857 bits per heavy atom. The van der Waals surface area contributed by atoms with Crippen LogP contribution in [0.1, 0.15) is 40.5 Å². The molecule has 3 amide bonds.